The Balaban J connectivity index is 1.77. The number of morpholine rings is 1. The summed E-state index contributed by atoms with van der Waals surface area (Å²) in [6, 6.07) is 6.97. The number of rotatable bonds is 10. The molecule has 7 heteroatoms. The standard InChI is InChI=1S/C22H39N3O3S/c1-16(2)29(26,27)24-13-9-7-8-12-23-22-11-10-21(14-17(22)3)25-15-18(4)28-20(6)19(25)5/h10-11,14,16,18-20,23-24H,7-9,12-13,15H2,1-6H3. The second-order valence-electron chi connectivity index (χ2n) is 8.52. The van der Waals surface area contributed by atoms with E-state index in [1.165, 1.54) is 11.3 Å². The SMILES string of the molecule is Cc1cc(N2CC(C)OC(C)C2C)ccc1NCCCCCNS(=O)(=O)C(C)C. The Labute approximate surface area is 177 Å². The van der Waals surface area contributed by atoms with E-state index in [9.17, 15) is 8.42 Å². The Morgan fingerprint density at radius 2 is 1.83 bits per heavy atom. The van der Waals surface area contributed by atoms with Crippen LogP contribution >= 0.6 is 0 Å². The van der Waals surface area contributed by atoms with Crippen LogP contribution in [0.1, 0.15) is 59.4 Å². The van der Waals surface area contributed by atoms with Crippen molar-refractivity contribution < 1.29 is 13.2 Å². The first-order valence-electron chi connectivity index (χ1n) is 10.9. The van der Waals surface area contributed by atoms with Gasteiger partial charge in [-0.05, 0) is 78.1 Å². The summed E-state index contributed by atoms with van der Waals surface area (Å²) in [4.78, 5) is 2.44. The summed E-state index contributed by atoms with van der Waals surface area (Å²) >= 11 is 0. The lowest BCUT2D eigenvalue weighted by Gasteiger charge is -2.42. The van der Waals surface area contributed by atoms with Gasteiger partial charge in [-0.25, -0.2) is 13.1 Å². The topological polar surface area (TPSA) is 70.7 Å². The average molecular weight is 426 g/mol. The van der Waals surface area contributed by atoms with Crippen LogP contribution in [0.5, 0.6) is 0 Å². The van der Waals surface area contributed by atoms with E-state index < -0.39 is 10.0 Å². The molecule has 0 amide bonds. The molecule has 0 aromatic heterocycles. The minimum Gasteiger partial charge on any atom is -0.385 e. The van der Waals surface area contributed by atoms with Crippen LogP contribution in [-0.4, -0.2) is 51.6 Å². The first-order valence-corrected chi connectivity index (χ1v) is 12.4. The normalized spacial score (nSPS) is 22.9. The molecule has 0 radical (unpaired) electrons. The van der Waals surface area contributed by atoms with Gasteiger partial charge in [0.1, 0.15) is 0 Å². The molecular formula is C22H39N3O3S. The van der Waals surface area contributed by atoms with Crippen LogP contribution in [0.15, 0.2) is 18.2 Å². The largest absolute Gasteiger partial charge is 0.385 e. The number of nitrogens with one attached hydrogen (secondary N) is 2. The Bertz CT molecular complexity index is 752. The monoisotopic (exact) mass is 425 g/mol. The molecule has 1 fully saturated rings. The zero-order chi connectivity index (χ0) is 21.6. The Morgan fingerprint density at radius 3 is 2.48 bits per heavy atom. The van der Waals surface area contributed by atoms with E-state index in [1.54, 1.807) is 13.8 Å². The average Bonchev–Trinajstić information content (AvgIpc) is 2.64. The third-order valence-corrected chi connectivity index (χ3v) is 7.55. The van der Waals surface area contributed by atoms with Crippen molar-refractivity contribution in [3.8, 4) is 0 Å². The quantitative estimate of drug-likeness (QED) is 0.556. The minimum atomic E-state index is -3.14. The van der Waals surface area contributed by atoms with Crippen molar-refractivity contribution in [1.82, 2.24) is 4.72 Å². The lowest BCUT2D eigenvalue weighted by atomic mass is 10.1. The minimum absolute atomic E-state index is 0.224. The predicted octanol–water partition coefficient (Wildman–Crippen LogP) is 3.91. The number of anilines is 2. The number of benzene rings is 1. The van der Waals surface area contributed by atoms with Crippen molar-refractivity contribution in [2.45, 2.75) is 84.3 Å². The molecule has 0 saturated carbocycles. The van der Waals surface area contributed by atoms with Crippen molar-refractivity contribution in [3.05, 3.63) is 23.8 Å². The van der Waals surface area contributed by atoms with E-state index in [1.807, 2.05) is 0 Å². The molecule has 2 N–H and O–H groups in total. The second kappa shape index (κ2) is 10.6. The van der Waals surface area contributed by atoms with Crippen LogP contribution in [-0.2, 0) is 14.8 Å². The molecule has 0 aliphatic carbocycles. The zero-order valence-corrected chi connectivity index (χ0v) is 19.7. The lowest BCUT2D eigenvalue weighted by molar-refractivity contribution is -0.0257. The highest BCUT2D eigenvalue weighted by Crippen LogP contribution is 2.28. The summed E-state index contributed by atoms with van der Waals surface area (Å²) in [5, 5.41) is 3.14. The predicted molar refractivity (Wildman–Crippen MR) is 122 cm³/mol. The fourth-order valence-corrected chi connectivity index (χ4v) is 4.38. The van der Waals surface area contributed by atoms with Crippen LogP contribution in [0, 0.1) is 6.92 Å². The van der Waals surface area contributed by atoms with Gasteiger partial charge in [-0.15, -0.1) is 0 Å². The Morgan fingerprint density at radius 1 is 1.14 bits per heavy atom. The van der Waals surface area contributed by atoms with Gasteiger partial charge < -0.3 is 15.0 Å². The number of hydrogen-bond acceptors (Lipinski definition) is 5. The first kappa shape index (κ1) is 24.0. The summed E-state index contributed by atoms with van der Waals surface area (Å²) in [7, 11) is -3.14. The van der Waals surface area contributed by atoms with Gasteiger partial charge in [0.15, 0.2) is 0 Å². The van der Waals surface area contributed by atoms with E-state index >= 15 is 0 Å². The fourth-order valence-electron chi connectivity index (χ4n) is 3.62. The summed E-state index contributed by atoms with van der Waals surface area (Å²) in [6.07, 6.45) is 3.33. The molecule has 29 heavy (non-hydrogen) atoms. The number of hydrogen-bond donors (Lipinski definition) is 2. The van der Waals surface area contributed by atoms with Gasteiger partial charge in [0.2, 0.25) is 10.0 Å². The third-order valence-electron chi connectivity index (χ3n) is 5.71. The van der Waals surface area contributed by atoms with Gasteiger partial charge in [0, 0.05) is 31.0 Å². The Kier molecular flexibility index (Phi) is 8.79. The van der Waals surface area contributed by atoms with Crippen LogP contribution in [0.4, 0.5) is 11.4 Å². The first-order chi connectivity index (χ1) is 13.6. The van der Waals surface area contributed by atoms with Crippen LogP contribution in [0.3, 0.4) is 0 Å². The number of unbranched alkanes of at least 4 members (excludes halogenated alkanes) is 2. The molecule has 0 spiro atoms. The van der Waals surface area contributed by atoms with Crippen LogP contribution in [0.2, 0.25) is 0 Å². The van der Waals surface area contributed by atoms with E-state index in [2.05, 4.69) is 60.8 Å². The Hall–Kier alpha value is -1.31. The van der Waals surface area contributed by atoms with Gasteiger partial charge in [0.05, 0.1) is 23.5 Å². The van der Waals surface area contributed by atoms with Gasteiger partial charge in [-0.2, -0.15) is 0 Å². The molecule has 0 bridgehead atoms. The number of sulfonamides is 1. The van der Waals surface area contributed by atoms with Crippen molar-refractivity contribution in [2.75, 3.05) is 29.9 Å². The highest BCUT2D eigenvalue weighted by molar-refractivity contribution is 7.90. The van der Waals surface area contributed by atoms with Crippen molar-refractivity contribution in [3.63, 3.8) is 0 Å². The zero-order valence-electron chi connectivity index (χ0n) is 18.9. The summed E-state index contributed by atoms with van der Waals surface area (Å²) in [6.45, 7) is 14.3. The molecule has 3 unspecified atom stereocenters. The molecule has 1 saturated heterocycles. The van der Waals surface area contributed by atoms with E-state index in [4.69, 9.17) is 4.74 Å². The number of aryl methyl sites for hydroxylation is 1. The van der Waals surface area contributed by atoms with Crippen LogP contribution in [0.25, 0.3) is 0 Å². The molecule has 1 aromatic rings. The summed E-state index contributed by atoms with van der Waals surface area (Å²) in [5.74, 6) is 0. The fraction of sp³-hybridized carbons (Fsp3) is 0.727. The van der Waals surface area contributed by atoms with Gasteiger partial charge in [0.25, 0.3) is 0 Å². The lowest BCUT2D eigenvalue weighted by Crippen LogP contribution is -2.52. The van der Waals surface area contributed by atoms with Gasteiger partial charge in [-0.3, -0.25) is 0 Å². The molecule has 1 aromatic carbocycles. The maximum atomic E-state index is 11.7. The number of nitrogens with zero attached hydrogens (tertiary/aromatic N) is 1. The van der Waals surface area contributed by atoms with Crippen LogP contribution < -0.4 is 14.9 Å². The van der Waals surface area contributed by atoms with Crippen molar-refractivity contribution in [1.29, 1.82) is 0 Å². The summed E-state index contributed by atoms with van der Waals surface area (Å²) in [5.41, 5.74) is 3.66. The summed E-state index contributed by atoms with van der Waals surface area (Å²) < 4.78 is 32.0. The highest BCUT2D eigenvalue weighted by atomic mass is 32.2. The second-order valence-corrected chi connectivity index (χ2v) is 10.8. The smallest absolute Gasteiger partial charge is 0.213 e. The third kappa shape index (κ3) is 6.86. The van der Waals surface area contributed by atoms with Crippen molar-refractivity contribution >= 4 is 21.4 Å². The van der Waals surface area contributed by atoms with Crippen molar-refractivity contribution in [2.24, 2.45) is 0 Å². The molecule has 6 nitrogen and oxygen atoms in total. The van der Waals surface area contributed by atoms with E-state index in [0.717, 1.165) is 38.0 Å². The highest BCUT2D eigenvalue weighted by Gasteiger charge is 2.29. The molecule has 1 aliphatic rings. The molecule has 3 atom stereocenters. The van der Waals surface area contributed by atoms with Gasteiger partial charge in [-0.1, -0.05) is 6.42 Å². The molecule has 1 heterocycles. The molecule has 1 aliphatic heterocycles. The number of ether oxygens (including phenoxy) is 1. The molecule has 166 valence electrons. The maximum Gasteiger partial charge on any atom is 0.213 e. The van der Waals surface area contributed by atoms with Gasteiger partial charge >= 0.3 is 0 Å². The maximum absolute atomic E-state index is 11.7. The van der Waals surface area contributed by atoms with E-state index in [-0.39, 0.29) is 17.5 Å². The molecule has 2 rings (SSSR count). The molecular weight excluding hydrogens is 386 g/mol. The van der Waals surface area contributed by atoms with E-state index in [0.29, 0.717) is 12.6 Å².